The van der Waals surface area contributed by atoms with Crippen molar-refractivity contribution in [1.29, 1.82) is 0 Å². The highest BCUT2D eigenvalue weighted by molar-refractivity contribution is 7.94. The first kappa shape index (κ1) is 41.9. The predicted octanol–water partition coefficient (Wildman–Crippen LogP) is 9.25. The fraction of sp³-hybridized carbons (Fsp3) is 0.0571. The van der Waals surface area contributed by atoms with E-state index in [1.54, 1.807) is 44.2 Å². The summed E-state index contributed by atoms with van der Waals surface area (Å²) in [5.74, 6) is 0. The number of nitrogens with zero attached hydrogens (tertiary/aromatic N) is 4. The molecule has 19 nitrogen and oxygen atoms in total. The first-order valence-electron chi connectivity index (χ1n) is 16.2. The summed E-state index contributed by atoms with van der Waals surface area (Å²) in [6.07, 6.45) is 0. The van der Waals surface area contributed by atoms with Gasteiger partial charge in [0.25, 0.3) is 30.4 Å². The van der Waals surface area contributed by atoms with Gasteiger partial charge in [-0.15, -0.1) is 4.33 Å². The van der Waals surface area contributed by atoms with Gasteiger partial charge in [0, 0.05) is 37.8 Å². The lowest BCUT2D eigenvalue weighted by atomic mass is 10.1. The van der Waals surface area contributed by atoms with Crippen LogP contribution in [-0.2, 0) is 39.7 Å². The molecule has 6 aromatic carbocycles. The molecule has 2 amide bonds. The molecule has 58 heavy (non-hydrogen) atoms. The number of hydrogen-bond acceptors (Lipinski definition) is 15. The molecule has 23 heteroatoms. The number of hydrogen-bond donors (Lipinski definition) is 6. The number of aryl methyl sites for hydroxylation is 2. The van der Waals surface area contributed by atoms with Crippen molar-refractivity contribution in [2.45, 2.75) is 33.4 Å². The zero-order valence-corrected chi connectivity index (χ0v) is 32.9. The molecule has 0 saturated carbocycles. The summed E-state index contributed by atoms with van der Waals surface area (Å²) in [5.41, 5.74) is 2.45. The summed E-state index contributed by atoms with van der Waals surface area (Å²) in [4.78, 5) is 11.6. The average molecular weight is 869 g/mol. The number of carbonyl (C=O) groups is 1. The number of amides is 2. The highest BCUT2D eigenvalue weighted by atomic mass is 32.2. The van der Waals surface area contributed by atoms with Crippen molar-refractivity contribution in [3.8, 4) is 0 Å². The molecule has 6 N–H and O–H groups in total. The minimum atomic E-state index is -4.85. The van der Waals surface area contributed by atoms with Crippen LogP contribution in [0.25, 0.3) is 21.5 Å². The maximum absolute atomic E-state index is 12.9. The minimum absolute atomic E-state index is 0.0658. The van der Waals surface area contributed by atoms with E-state index in [0.29, 0.717) is 56.2 Å². The van der Waals surface area contributed by atoms with E-state index >= 15 is 0 Å². The van der Waals surface area contributed by atoms with E-state index in [1.807, 2.05) is 0 Å². The van der Waals surface area contributed by atoms with Crippen LogP contribution in [0.4, 0.5) is 38.9 Å². The van der Waals surface area contributed by atoms with E-state index in [0.717, 1.165) is 18.2 Å². The van der Waals surface area contributed by atoms with Crippen LogP contribution in [0.15, 0.2) is 137 Å². The third-order valence-corrected chi connectivity index (χ3v) is 11.6. The number of nitrogens with one attached hydrogen (secondary N) is 2. The van der Waals surface area contributed by atoms with Gasteiger partial charge in [0.05, 0.1) is 34.8 Å². The Labute approximate surface area is 333 Å². The summed E-state index contributed by atoms with van der Waals surface area (Å²) < 4.78 is 106. The summed E-state index contributed by atoms with van der Waals surface area (Å²) in [6.45, 7) is 3.36. The van der Waals surface area contributed by atoms with Gasteiger partial charge in [0.15, 0.2) is 0 Å². The molecule has 0 aromatic heterocycles. The molecular formula is C35H28N6O13S4. The molecule has 0 aliphatic rings. The second-order valence-corrected chi connectivity index (χ2v) is 17.1. The first-order valence-corrected chi connectivity index (χ1v) is 21.2. The van der Waals surface area contributed by atoms with Crippen LogP contribution in [0, 0.1) is 13.8 Å². The molecule has 0 heterocycles. The number of azo groups is 2. The SMILES string of the molecule is Cc1cc(NC(=O)Nc2ccc(/N=N/c3cc(S(=O)(=O)O)c4cccc(S(=O)(=O)O)c4c3)c(C)c2)ccc1/N=N/c1cc(S(=O)(=O)O)c2cccc(SOOO)c2c1. The third-order valence-electron chi connectivity index (χ3n) is 8.25. The Bertz CT molecular complexity index is 3030. The number of fused-ring (bicyclic) bond motifs is 2. The smallest absolute Gasteiger partial charge is 0.308 e. The zero-order valence-electron chi connectivity index (χ0n) is 29.6. The number of carbonyl (C=O) groups excluding carboxylic acids is 1. The van der Waals surface area contributed by atoms with Crippen molar-refractivity contribution in [1.82, 2.24) is 0 Å². The second kappa shape index (κ2) is 16.6. The molecule has 0 saturated heterocycles. The van der Waals surface area contributed by atoms with E-state index in [4.69, 9.17) is 5.26 Å². The van der Waals surface area contributed by atoms with Gasteiger partial charge in [-0.1, -0.05) is 29.3 Å². The van der Waals surface area contributed by atoms with Crippen LogP contribution in [-0.4, -0.2) is 50.2 Å². The Hall–Kier alpha value is -5.73. The number of benzene rings is 6. The van der Waals surface area contributed by atoms with Gasteiger partial charge in [-0.3, -0.25) is 13.7 Å². The molecule has 0 fully saturated rings. The Morgan fingerprint density at radius 2 is 1.03 bits per heavy atom. The Morgan fingerprint density at radius 1 is 0.569 bits per heavy atom. The monoisotopic (exact) mass is 868 g/mol. The van der Waals surface area contributed by atoms with Gasteiger partial charge in [-0.05, 0) is 97.8 Å². The van der Waals surface area contributed by atoms with Gasteiger partial charge in [-0.25, -0.2) is 10.1 Å². The molecular weight excluding hydrogens is 841 g/mol. The molecule has 6 aromatic rings. The van der Waals surface area contributed by atoms with Crippen LogP contribution in [0.3, 0.4) is 0 Å². The van der Waals surface area contributed by atoms with Gasteiger partial charge in [0.1, 0.15) is 14.7 Å². The van der Waals surface area contributed by atoms with E-state index in [-0.39, 0.29) is 27.5 Å². The predicted molar refractivity (Wildman–Crippen MR) is 211 cm³/mol. The highest BCUT2D eigenvalue weighted by Crippen LogP contribution is 2.37. The summed E-state index contributed by atoms with van der Waals surface area (Å²) >= 11 is 0.595. The molecule has 6 rings (SSSR count). The normalized spacial score (nSPS) is 12.5. The van der Waals surface area contributed by atoms with Crippen LogP contribution in [0.5, 0.6) is 0 Å². The van der Waals surface area contributed by atoms with Crippen molar-refractivity contribution in [3.63, 3.8) is 0 Å². The topological polar surface area (TPSA) is 292 Å². The maximum atomic E-state index is 12.9. The first-order chi connectivity index (χ1) is 27.3. The molecule has 0 spiro atoms. The molecule has 0 atom stereocenters. The van der Waals surface area contributed by atoms with Crippen molar-refractivity contribution in [2.75, 3.05) is 10.6 Å². The Kier molecular flexibility index (Phi) is 12.0. The van der Waals surface area contributed by atoms with E-state index in [2.05, 4.69) is 40.5 Å². The zero-order chi connectivity index (χ0) is 42.0. The van der Waals surface area contributed by atoms with Crippen LogP contribution in [0.2, 0.25) is 0 Å². The molecule has 0 bridgehead atoms. The molecule has 0 aliphatic carbocycles. The second-order valence-electron chi connectivity index (χ2n) is 12.2. The van der Waals surface area contributed by atoms with E-state index in [9.17, 15) is 43.7 Å². The number of rotatable bonds is 12. The van der Waals surface area contributed by atoms with Gasteiger partial charge in [-0.2, -0.15) is 45.7 Å². The highest BCUT2D eigenvalue weighted by Gasteiger charge is 2.22. The molecule has 0 aliphatic heterocycles. The van der Waals surface area contributed by atoms with Gasteiger partial charge in [0.2, 0.25) is 0 Å². The van der Waals surface area contributed by atoms with Gasteiger partial charge >= 0.3 is 6.03 Å². The Balaban J connectivity index is 1.16. The number of anilines is 2. The molecule has 300 valence electrons. The van der Waals surface area contributed by atoms with Crippen molar-refractivity contribution >= 4 is 104 Å². The summed E-state index contributed by atoms with van der Waals surface area (Å²) in [6, 6.07) is 21.7. The number of urea groups is 1. The van der Waals surface area contributed by atoms with Crippen LogP contribution < -0.4 is 10.6 Å². The quantitative estimate of drug-likeness (QED) is 0.0220. The van der Waals surface area contributed by atoms with Gasteiger partial charge < -0.3 is 10.6 Å². The lowest BCUT2D eigenvalue weighted by Gasteiger charge is -2.11. The lowest BCUT2D eigenvalue weighted by Crippen LogP contribution is -2.19. The van der Waals surface area contributed by atoms with Crippen molar-refractivity contribution in [2.24, 2.45) is 20.5 Å². The summed E-state index contributed by atoms with van der Waals surface area (Å²) in [5, 5.41) is 34.2. The molecule has 0 radical (unpaired) electrons. The fourth-order valence-electron chi connectivity index (χ4n) is 5.72. The summed E-state index contributed by atoms with van der Waals surface area (Å²) in [7, 11) is -14.3. The maximum Gasteiger partial charge on any atom is 0.323 e. The third kappa shape index (κ3) is 9.68. The lowest BCUT2D eigenvalue weighted by molar-refractivity contribution is -0.432. The standard InChI is InChI=1S/C35H28N6O13S4/c1-19-13-21(9-11-29(19)40-38-23-15-27-25(33(17-23)57(47,48)49)5-3-7-31(27)55-54-53-43)36-35(42)37-22-10-12-30(20(2)14-22)41-39-24-16-28-26(34(18-24)58(50,51)52)6-4-8-32(28)56(44,45)46/h3-18,43H,1-2H3,(H2,36,37,42)(H,44,45,46)(H,47,48,49)(H,50,51,52)/b40-38+,41-39+. The van der Waals surface area contributed by atoms with E-state index in [1.165, 1.54) is 48.5 Å². The molecule has 0 unspecified atom stereocenters. The van der Waals surface area contributed by atoms with Crippen LogP contribution in [0.1, 0.15) is 11.1 Å². The average Bonchev–Trinajstić information content (AvgIpc) is 3.14. The minimum Gasteiger partial charge on any atom is -0.308 e. The van der Waals surface area contributed by atoms with E-state index < -0.39 is 51.1 Å². The van der Waals surface area contributed by atoms with Crippen molar-refractivity contribution in [3.05, 3.63) is 108 Å². The fourth-order valence-corrected chi connectivity index (χ4v) is 8.36. The van der Waals surface area contributed by atoms with Crippen molar-refractivity contribution < 1.29 is 58.3 Å². The van der Waals surface area contributed by atoms with Crippen LogP contribution >= 0.6 is 12.0 Å². The largest absolute Gasteiger partial charge is 0.323 e. The Morgan fingerprint density at radius 3 is 1.50 bits per heavy atom.